The molecule has 1 N–H and O–H groups in total. The first-order chi connectivity index (χ1) is 6.83. The van der Waals surface area contributed by atoms with E-state index in [1.54, 1.807) is 6.20 Å². The fraction of sp³-hybridized carbons (Fsp3) is 0.300. The molecule has 0 atom stereocenters. The van der Waals surface area contributed by atoms with Crippen LogP contribution in [-0.4, -0.2) is 15.0 Å². The van der Waals surface area contributed by atoms with Gasteiger partial charge in [-0.1, -0.05) is 0 Å². The molecule has 0 radical (unpaired) electrons. The highest BCUT2D eigenvalue weighted by Gasteiger charge is 2.24. The lowest BCUT2D eigenvalue weighted by atomic mass is 10.2. The van der Waals surface area contributed by atoms with Crippen molar-refractivity contribution in [2.75, 3.05) is 0 Å². The molecule has 70 valence electrons. The monoisotopic (exact) mass is 187 g/mol. The summed E-state index contributed by atoms with van der Waals surface area (Å²) in [5.41, 5.74) is 1.40. The van der Waals surface area contributed by atoms with Crippen molar-refractivity contribution in [2.24, 2.45) is 0 Å². The largest absolute Gasteiger partial charge is 0.346 e. The molecule has 0 saturated heterocycles. The second-order valence-electron chi connectivity index (χ2n) is 3.64. The summed E-state index contributed by atoms with van der Waals surface area (Å²) in [6, 6.07) is 3.97. The number of fused-ring (bicyclic) bond motifs is 1. The smallest absolute Gasteiger partial charge is 0.290 e. The van der Waals surface area contributed by atoms with E-state index in [2.05, 4.69) is 15.0 Å². The molecule has 0 aromatic carbocycles. The van der Waals surface area contributed by atoms with Gasteiger partial charge in [-0.15, -0.1) is 0 Å². The molecule has 1 fully saturated rings. The van der Waals surface area contributed by atoms with Crippen LogP contribution in [0.2, 0.25) is 0 Å². The minimum absolute atomic E-state index is 0.335. The highest BCUT2D eigenvalue weighted by Crippen LogP contribution is 2.39. The van der Waals surface area contributed by atoms with Gasteiger partial charge in [0.1, 0.15) is 5.65 Å². The topological polar surface area (TPSA) is 58.6 Å². The van der Waals surface area contributed by atoms with E-state index in [4.69, 9.17) is 0 Å². The zero-order chi connectivity index (χ0) is 9.54. The number of rotatable bonds is 1. The zero-order valence-electron chi connectivity index (χ0n) is 7.53. The maximum atomic E-state index is 11.0. The average Bonchev–Trinajstić information content (AvgIpc) is 3.00. The van der Waals surface area contributed by atoms with Crippen molar-refractivity contribution in [3.05, 3.63) is 34.5 Å². The van der Waals surface area contributed by atoms with Crippen molar-refractivity contribution in [1.82, 2.24) is 15.0 Å². The van der Waals surface area contributed by atoms with E-state index < -0.39 is 0 Å². The number of nitrogens with zero attached hydrogens (tertiary/aromatic N) is 2. The fourth-order valence-electron chi connectivity index (χ4n) is 1.56. The first-order valence-electron chi connectivity index (χ1n) is 4.69. The summed E-state index contributed by atoms with van der Waals surface area (Å²) in [4.78, 5) is 21.7. The summed E-state index contributed by atoms with van der Waals surface area (Å²) in [5.74, 6) is 0.607. The van der Waals surface area contributed by atoms with Gasteiger partial charge in [-0.3, -0.25) is 4.98 Å². The maximum Gasteiger partial charge on any atom is 0.346 e. The van der Waals surface area contributed by atoms with E-state index in [1.807, 2.05) is 12.1 Å². The third-order valence-electron chi connectivity index (χ3n) is 2.49. The summed E-state index contributed by atoms with van der Waals surface area (Å²) in [7, 11) is 0. The van der Waals surface area contributed by atoms with Gasteiger partial charge in [0.15, 0.2) is 0 Å². The molecule has 1 saturated carbocycles. The lowest BCUT2D eigenvalue weighted by Gasteiger charge is -1.99. The number of hydrogen-bond acceptors (Lipinski definition) is 3. The van der Waals surface area contributed by atoms with E-state index in [9.17, 15) is 4.79 Å². The van der Waals surface area contributed by atoms with Crippen LogP contribution in [0, 0.1) is 0 Å². The number of pyridine rings is 1. The Hall–Kier alpha value is -1.71. The van der Waals surface area contributed by atoms with Gasteiger partial charge in [-0.25, -0.2) is 14.8 Å². The van der Waals surface area contributed by atoms with Crippen LogP contribution in [0.3, 0.4) is 0 Å². The maximum absolute atomic E-state index is 11.0. The van der Waals surface area contributed by atoms with Gasteiger partial charge < -0.3 is 0 Å². The van der Waals surface area contributed by atoms with Crippen LogP contribution < -0.4 is 5.69 Å². The Labute approximate surface area is 80.0 Å². The third kappa shape index (κ3) is 1.19. The number of hydrogen-bond donors (Lipinski definition) is 1. The molecule has 0 amide bonds. The Balaban J connectivity index is 2.25. The molecule has 1 aliphatic carbocycles. The molecule has 4 heteroatoms. The van der Waals surface area contributed by atoms with Gasteiger partial charge in [-0.05, 0) is 25.0 Å². The Morgan fingerprint density at radius 3 is 3.00 bits per heavy atom. The van der Waals surface area contributed by atoms with Gasteiger partial charge >= 0.3 is 5.69 Å². The van der Waals surface area contributed by atoms with E-state index >= 15 is 0 Å². The minimum Gasteiger partial charge on any atom is -0.290 e. The summed E-state index contributed by atoms with van der Waals surface area (Å²) in [5, 5.41) is 0.883. The van der Waals surface area contributed by atoms with Gasteiger partial charge in [0.25, 0.3) is 0 Å². The molecule has 0 aliphatic heterocycles. The molecular formula is C10H9N3O. The molecule has 0 spiro atoms. The Bertz CT molecular complexity index is 542. The van der Waals surface area contributed by atoms with Crippen molar-refractivity contribution in [3.8, 4) is 0 Å². The summed E-state index contributed by atoms with van der Waals surface area (Å²) in [6.45, 7) is 0. The lowest BCUT2D eigenvalue weighted by Crippen LogP contribution is -2.09. The van der Waals surface area contributed by atoms with Crippen LogP contribution in [0.4, 0.5) is 0 Å². The molecule has 0 unspecified atom stereocenters. The normalized spacial score (nSPS) is 16.0. The average molecular weight is 187 g/mol. The highest BCUT2D eigenvalue weighted by atomic mass is 16.1. The van der Waals surface area contributed by atoms with E-state index in [0.29, 0.717) is 11.6 Å². The number of nitrogens with one attached hydrogen (secondary N) is 1. The van der Waals surface area contributed by atoms with Crippen molar-refractivity contribution < 1.29 is 0 Å². The zero-order valence-corrected chi connectivity index (χ0v) is 7.53. The van der Waals surface area contributed by atoms with Gasteiger partial charge in [-0.2, -0.15) is 0 Å². The SMILES string of the molecule is O=c1ncc2ccc(C3CC3)nc2[nH]1. The molecule has 14 heavy (non-hydrogen) atoms. The molecule has 4 nitrogen and oxygen atoms in total. The second kappa shape index (κ2) is 2.64. The Morgan fingerprint density at radius 1 is 1.36 bits per heavy atom. The number of aromatic nitrogens is 3. The third-order valence-corrected chi connectivity index (χ3v) is 2.49. The quantitative estimate of drug-likeness (QED) is 0.729. The molecular weight excluding hydrogens is 178 g/mol. The van der Waals surface area contributed by atoms with Gasteiger partial charge in [0.05, 0.1) is 0 Å². The summed E-state index contributed by atoms with van der Waals surface area (Å²) >= 11 is 0. The molecule has 2 aromatic rings. The van der Waals surface area contributed by atoms with Crippen LogP contribution in [0.15, 0.2) is 23.1 Å². The van der Waals surface area contributed by atoms with Crippen LogP contribution in [-0.2, 0) is 0 Å². The van der Waals surface area contributed by atoms with Gasteiger partial charge in [0, 0.05) is 23.2 Å². The van der Waals surface area contributed by atoms with Crippen molar-refractivity contribution >= 4 is 11.0 Å². The lowest BCUT2D eigenvalue weighted by molar-refractivity contribution is 1.01. The van der Waals surface area contributed by atoms with Crippen LogP contribution in [0.1, 0.15) is 24.5 Å². The van der Waals surface area contributed by atoms with E-state index in [0.717, 1.165) is 11.1 Å². The van der Waals surface area contributed by atoms with E-state index in [-0.39, 0.29) is 5.69 Å². The highest BCUT2D eigenvalue weighted by molar-refractivity contribution is 5.73. The predicted octanol–water partition coefficient (Wildman–Crippen LogP) is 1.20. The summed E-state index contributed by atoms with van der Waals surface area (Å²) in [6.07, 6.45) is 3.99. The predicted molar refractivity (Wildman–Crippen MR) is 52.1 cm³/mol. The molecule has 2 aromatic heterocycles. The van der Waals surface area contributed by atoms with Crippen molar-refractivity contribution in [2.45, 2.75) is 18.8 Å². The Kier molecular flexibility index (Phi) is 1.45. The first-order valence-corrected chi connectivity index (χ1v) is 4.69. The van der Waals surface area contributed by atoms with Gasteiger partial charge in [0.2, 0.25) is 0 Å². The fourth-order valence-corrected chi connectivity index (χ4v) is 1.56. The second-order valence-corrected chi connectivity index (χ2v) is 3.64. The summed E-state index contributed by atoms with van der Waals surface area (Å²) < 4.78 is 0. The van der Waals surface area contributed by atoms with Crippen LogP contribution in [0.5, 0.6) is 0 Å². The van der Waals surface area contributed by atoms with Crippen molar-refractivity contribution in [1.29, 1.82) is 0 Å². The Morgan fingerprint density at radius 2 is 2.21 bits per heavy atom. The molecule has 3 rings (SSSR count). The molecule has 0 bridgehead atoms. The molecule has 2 heterocycles. The number of aromatic amines is 1. The van der Waals surface area contributed by atoms with Crippen LogP contribution in [0.25, 0.3) is 11.0 Å². The van der Waals surface area contributed by atoms with Crippen LogP contribution >= 0.6 is 0 Å². The van der Waals surface area contributed by atoms with E-state index in [1.165, 1.54) is 12.8 Å². The van der Waals surface area contributed by atoms with Crippen molar-refractivity contribution in [3.63, 3.8) is 0 Å². The minimum atomic E-state index is -0.335. The standard InChI is InChI=1S/C10H9N3O/c14-10-11-5-7-3-4-8(6-1-2-6)12-9(7)13-10/h3-6H,1-2H2,(H,11,12,13,14). The molecule has 1 aliphatic rings. The first kappa shape index (κ1) is 7.67. The number of H-pyrrole nitrogens is 1.